The van der Waals surface area contributed by atoms with E-state index in [0.717, 1.165) is 5.56 Å². The van der Waals surface area contributed by atoms with Crippen LogP contribution in [0.25, 0.3) is 0 Å². The molecule has 0 aliphatic rings. The summed E-state index contributed by atoms with van der Waals surface area (Å²) in [5.74, 6) is -3.30. The molecular weight excluding hydrogens is 558 g/mol. The van der Waals surface area contributed by atoms with Crippen LogP contribution in [-0.4, -0.2) is 85.4 Å². The first-order valence-corrected chi connectivity index (χ1v) is 13.6. The molecule has 0 fully saturated rings. The molecule has 230 valence electrons. The van der Waals surface area contributed by atoms with Crippen LogP contribution < -0.4 is 33.2 Å². The Morgan fingerprint density at radius 1 is 0.814 bits per heavy atom. The van der Waals surface area contributed by atoms with Gasteiger partial charge in [-0.3, -0.25) is 19.4 Å². The Kier molecular flexibility index (Phi) is 12.2. The maximum absolute atomic E-state index is 13.6. The molecule has 3 amide bonds. The van der Waals surface area contributed by atoms with E-state index >= 15 is 0 Å². The van der Waals surface area contributed by atoms with Gasteiger partial charge in [0.25, 0.3) is 0 Å². The number of guanidine groups is 1. The Hall–Kier alpha value is -5.25. The van der Waals surface area contributed by atoms with Crippen molar-refractivity contribution in [1.82, 2.24) is 35.9 Å². The Bertz CT molecular complexity index is 1340. The fourth-order valence-electron chi connectivity index (χ4n) is 4.17. The van der Waals surface area contributed by atoms with E-state index in [1.165, 1.54) is 25.0 Å². The van der Waals surface area contributed by atoms with Gasteiger partial charge >= 0.3 is 5.97 Å². The lowest BCUT2D eigenvalue weighted by atomic mass is 10.0. The summed E-state index contributed by atoms with van der Waals surface area (Å²) < 4.78 is 0. The van der Waals surface area contributed by atoms with Crippen LogP contribution >= 0.6 is 0 Å². The van der Waals surface area contributed by atoms with E-state index in [1.54, 1.807) is 30.3 Å². The van der Waals surface area contributed by atoms with E-state index in [2.05, 4.69) is 40.9 Å². The van der Waals surface area contributed by atoms with Crippen molar-refractivity contribution in [2.45, 2.75) is 56.3 Å². The number of nitrogens with zero attached hydrogens (tertiary/aromatic N) is 3. The zero-order valence-corrected chi connectivity index (χ0v) is 23.4. The topological polar surface area (TPSA) is 272 Å². The predicted octanol–water partition coefficient (Wildman–Crippen LogP) is -1.92. The first-order chi connectivity index (χ1) is 20.6. The molecule has 0 aliphatic carbocycles. The highest BCUT2D eigenvalue weighted by molar-refractivity contribution is 5.94. The largest absolute Gasteiger partial charge is 0.480 e. The van der Waals surface area contributed by atoms with Crippen LogP contribution in [0.2, 0.25) is 0 Å². The molecule has 2 aromatic heterocycles. The number of imidazole rings is 2. The number of carbonyl (C=O) groups excluding carboxylic acids is 3. The molecule has 2 heterocycles. The number of aromatic nitrogens is 4. The molecule has 0 radical (unpaired) electrons. The summed E-state index contributed by atoms with van der Waals surface area (Å²) >= 11 is 0. The average Bonchev–Trinajstić information content (AvgIpc) is 3.69. The average molecular weight is 596 g/mol. The molecule has 4 atom stereocenters. The van der Waals surface area contributed by atoms with Crippen molar-refractivity contribution in [3.8, 4) is 0 Å². The Morgan fingerprint density at radius 3 is 1.88 bits per heavy atom. The number of rotatable bonds is 17. The minimum absolute atomic E-state index is 0.0234. The van der Waals surface area contributed by atoms with E-state index in [1.807, 2.05) is 0 Å². The lowest BCUT2D eigenvalue weighted by Crippen LogP contribution is -2.58. The number of aromatic amines is 2. The highest BCUT2D eigenvalue weighted by atomic mass is 16.4. The first kappa shape index (κ1) is 32.3. The van der Waals surface area contributed by atoms with Gasteiger partial charge in [-0.15, -0.1) is 0 Å². The third-order valence-corrected chi connectivity index (χ3v) is 6.43. The summed E-state index contributed by atoms with van der Waals surface area (Å²) in [5.41, 5.74) is 18.5. The lowest BCUT2D eigenvalue weighted by molar-refractivity contribution is -0.142. The predicted molar refractivity (Wildman–Crippen MR) is 156 cm³/mol. The zero-order chi connectivity index (χ0) is 31.2. The van der Waals surface area contributed by atoms with Gasteiger partial charge in [0.15, 0.2) is 5.96 Å². The maximum atomic E-state index is 13.6. The van der Waals surface area contributed by atoms with Crippen molar-refractivity contribution in [2.24, 2.45) is 22.2 Å². The second-order valence-corrected chi connectivity index (χ2v) is 9.83. The smallest absolute Gasteiger partial charge is 0.326 e. The van der Waals surface area contributed by atoms with Crippen molar-refractivity contribution < 1.29 is 24.3 Å². The van der Waals surface area contributed by atoms with Crippen molar-refractivity contribution >= 4 is 29.7 Å². The summed E-state index contributed by atoms with van der Waals surface area (Å²) in [4.78, 5) is 69.3. The number of aliphatic imine (C=N–C) groups is 1. The number of aliphatic carboxylic acids is 1. The fourth-order valence-corrected chi connectivity index (χ4v) is 4.17. The Morgan fingerprint density at radius 2 is 1.35 bits per heavy atom. The third-order valence-electron chi connectivity index (χ3n) is 6.43. The van der Waals surface area contributed by atoms with Gasteiger partial charge in [-0.05, 0) is 18.4 Å². The van der Waals surface area contributed by atoms with Gasteiger partial charge < -0.3 is 48.2 Å². The quantitative estimate of drug-likeness (QED) is 0.0474. The van der Waals surface area contributed by atoms with Crippen LogP contribution in [-0.2, 0) is 38.4 Å². The summed E-state index contributed by atoms with van der Waals surface area (Å²) in [6, 6.07) is 4.36. The molecule has 43 heavy (non-hydrogen) atoms. The zero-order valence-electron chi connectivity index (χ0n) is 23.4. The van der Waals surface area contributed by atoms with Crippen LogP contribution in [0.5, 0.6) is 0 Å². The molecule has 0 saturated carbocycles. The van der Waals surface area contributed by atoms with Crippen molar-refractivity contribution in [3.05, 3.63) is 72.3 Å². The number of carboxylic acid groups (broad SMARTS) is 1. The van der Waals surface area contributed by atoms with E-state index in [0.29, 0.717) is 17.8 Å². The van der Waals surface area contributed by atoms with Crippen LogP contribution in [0, 0.1) is 0 Å². The van der Waals surface area contributed by atoms with Gasteiger partial charge in [0.2, 0.25) is 17.7 Å². The van der Waals surface area contributed by atoms with Gasteiger partial charge in [-0.25, -0.2) is 14.8 Å². The molecule has 16 nitrogen and oxygen atoms in total. The summed E-state index contributed by atoms with van der Waals surface area (Å²) in [7, 11) is 0. The lowest BCUT2D eigenvalue weighted by Gasteiger charge is -2.25. The number of H-pyrrole nitrogens is 2. The number of hydrogen-bond acceptors (Lipinski definition) is 8. The van der Waals surface area contributed by atoms with Crippen molar-refractivity contribution in [2.75, 3.05) is 6.54 Å². The minimum Gasteiger partial charge on any atom is -0.480 e. The number of hydrogen-bond donors (Lipinski definition) is 9. The monoisotopic (exact) mass is 595 g/mol. The molecule has 3 aromatic rings. The standard InChI is InChI=1S/C27H37N11O5/c28-19(7-4-8-33-27(29)30)23(39)36-21(10-17-12-31-14-34-17)25(41)37-20(9-16-5-2-1-3-6-16)24(40)38-22(26(42)43)11-18-13-32-15-35-18/h1-3,5-6,12-15,19-22H,4,7-11,28H2,(H,31,34)(H,32,35)(H,36,39)(H,37,41)(H,38,40)(H,42,43)(H4,29,30,33). The van der Waals surface area contributed by atoms with Crippen LogP contribution in [0.15, 0.2) is 60.4 Å². The SMILES string of the molecule is NC(N)=NCCCC(N)C(=O)NC(Cc1cnc[nH]1)C(=O)NC(Cc1ccccc1)C(=O)NC(Cc1cnc[nH]1)C(=O)O. The summed E-state index contributed by atoms with van der Waals surface area (Å²) in [6.07, 6.45) is 6.52. The number of benzene rings is 1. The summed E-state index contributed by atoms with van der Waals surface area (Å²) in [5, 5.41) is 17.6. The van der Waals surface area contributed by atoms with E-state index in [9.17, 15) is 24.3 Å². The number of nitrogens with two attached hydrogens (primary N) is 3. The maximum Gasteiger partial charge on any atom is 0.326 e. The first-order valence-electron chi connectivity index (χ1n) is 13.6. The summed E-state index contributed by atoms with van der Waals surface area (Å²) in [6.45, 7) is 0.287. The number of amides is 3. The molecular formula is C27H37N11O5. The normalized spacial score (nSPS) is 13.6. The van der Waals surface area contributed by atoms with Crippen LogP contribution in [0.1, 0.15) is 29.8 Å². The minimum atomic E-state index is -1.29. The second-order valence-electron chi connectivity index (χ2n) is 9.83. The fraction of sp³-hybridized carbons (Fsp3) is 0.370. The highest BCUT2D eigenvalue weighted by Crippen LogP contribution is 2.08. The van der Waals surface area contributed by atoms with Gasteiger partial charge in [0.05, 0.1) is 18.7 Å². The molecule has 1 aromatic carbocycles. The number of carbonyl (C=O) groups is 4. The molecule has 4 unspecified atom stereocenters. The van der Waals surface area contributed by atoms with Gasteiger partial charge in [-0.1, -0.05) is 30.3 Å². The number of nitrogens with one attached hydrogen (secondary N) is 5. The second kappa shape index (κ2) is 16.3. The Balaban J connectivity index is 1.76. The molecule has 3 rings (SSSR count). The van der Waals surface area contributed by atoms with Gasteiger partial charge in [0.1, 0.15) is 18.1 Å². The third kappa shape index (κ3) is 10.9. The molecule has 0 spiro atoms. The molecule has 0 aliphatic heterocycles. The van der Waals surface area contributed by atoms with E-state index in [4.69, 9.17) is 17.2 Å². The van der Waals surface area contributed by atoms with Gasteiger partial charge in [0, 0.05) is 49.6 Å². The van der Waals surface area contributed by atoms with Gasteiger partial charge in [-0.2, -0.15) is 0 Å². The Labute approximate surface area is 247 Å². The highest BCUT2D eigenvalue weighted by Gasteiger charge is 2.31. The van der Waals surface area contributed by atoms with Crippen molar-refractivity contribution in [3.63, 3.8) is 0 Å². The van der Waals surface area contributed by atoms with Crippen LogP contribution in [0.4, 0.5) is 0 Å². The molecule has 0 saturated heterocycles. The van der Waals surface area contributed by atoms with E-state index < -0.39 is 47.9 Å². The molecule has 12 N–H and O–H groups in total. The van der Waals surface area contributed by atoms with Crippen LogP contribution in [0.3, 0.4) is 0 Å². The molecule has 0 bridgehead atoms. The molecule has 16 heteroatoms. The number of carboxylic acids is 1. The van der Waals surface area contributed by atoms with E-state index in [-0.39, 0.29) is 38.2 Å². The van der Waals surface area contributed by atoms with Crippen molar-refractivity contribution in [1.29, 1.82) is 0 Å².